The predicted molar refractivity (Wildman–Crippen MR) is 53.6 cm³/mol. The summed E-state index contributed by atoms with van der Waals surface area (Å²) >= 11 is 5.61. The molecule has 0 aliphatic carbocycles. The first kappa shape index (κ1) is 13.3. The Morgan fingerprint density at radius 2 is 1.94 bits per heavy atom. The van der Waals surface area contributed by atoms with Crippen LogP contribution in [0.2, 0.25) is 5.02 Å². The van der Waals surface area contributed by atoms with E-state index < -0.39 is 24.5 Å². The van der Waals surface area contributed by atoms with E-state index in [0.717, 1.165) is 6.07 Å². The molecule has 0 heterocycles. The maximum absolute atomic E-state index is 13.2. The molecule has 1 nitrogen and oxygen atoms in total. The van der Waals surface area contributed by atoms with Gasteiger partial charge in [-0.05, 0) is 24.6 Å². The van der Waals surface area contributed by atoms with Crippen molar-refractivity contribution in [3.63, 3.8) is 0 Å². The molecule has 0 saturated heterocycles. The lowest BCUT2D eigenvalue weighted by molar-refractivity contribution is -0.136. The van der Waals surface area contributed by atoms with Gasteiger partial charge in [-0.3, -0.25) is 0 Å². The number of benzene rings is 1. The quantitative estimate of drug-likeness (QED) is 0.817. The van der Waals surface area contributed by atoms with Gasteiger partial charge in [-0.1, -0.05) is 11.6 Å². The Morgan fingerprint density at radius 1 is 1.31 bits per heavy atom. The summed E-state index contributed by atoms with van der Waals surface area (Å²) in [5.41, 5.74) is 5.48. The van der Waals surface area contributed by atoms with Crippen molar-refractivity contribution in [1.82, 2.24) is 0 Å². The Labute approximate surface area is 95.2 Å². The van der Waals surface area contributed by atoms with E-state index in [1.807, 2.05) is 0 Å². The third-order valence-corrected chi connectivity index (χ3v) is 2.33. The molecule has 90 valence electrons. The van der Waals surface area contributed by atoms with E-state index in [9.17, 15) is 17.6 Å². The molecule has 1 aromatic carbocycles. The van der Waals surface area contributed by atoms with E-state index in [4.69, 9.17) is 17.3 Å². The molecule has 0 aliphatic heterocycles. The van der Waals surface area contributed by atoms with Crippen molar-refractivity contribution < 1.29 is 17.6 Å². The maximum Gasteiger partial charge on any atom is 0.389 e. The Kier molecular flexibility index (Phi) is 4.15. The first-order valence-electron chi connectivity index (χ1n) is 4.57. The highest BCUT2D eigenvalue weighted by Gasteiger charge is 2.28. The summed E-state index contributed by atoms with van der Waals surface area (Å²) in [4.78, 5) is 0. The molecular weight excluding hydrogens is 246 g/mol. The lowest BCUT2D eigenvalue weighted by Gasteiger charge is -2.14. The van der Waals surface area contributed by atoms with E-state index in [0.29, 0.717) is 0 Å². The molecule has 0 bridgehead atoms. The average Bonchev–Trinajstić information content (AvgIpc) is 2.17. The molecule has 1 rings (SSSR count). The molecule has 0 saturated carbocycles. The monoisotopic (exact) mass is 255 g/mol. The summed E-state index contributed by atoms with van der Waals surface area (Å²) < 4.78 is 49.0. The molecule has 1 atom stereocenters. The first-order valence-corrected chi connectivity index (χ1v) is 4.94. The first-order chi connectivity index (χ1) is 7.29. The van der Waals surface area contributed by atoms with Gasteiger partial charge >= 0.3 is 6.18 Å². The summed E-state index contributed by atoms with van der Waals surface area (Å²) in [6.07, 6.45) is -5.69. The SMILES string of the molecule is N[C@@H](CCC(F)(F)F)c1cc(Cl)ccc1F. The zero-order chi connectivity index (χ0) is 12.3. The average molecular weight is 256 g/mol. The largest absolute Gasteiger partial charge is 0.389 e. The normalized spacial score (nSPS) is 13.9. The van der Waals surface area contributed by atoms with Gasteiger partial charge in [0, 0.05) is 23.0 Å². The number of alkyl halides is 3. The number of hydrogen-bond donors (Lipinski definition) is 1. The highest BCUT2D eigenvalue weighted by Crippen LogP contribution is 2.28. The van der Waals surface area contributed by atoms with Crippen molar-refractivity contribution in [1.29, 1.82) is 0 Å². The fraction of sp³-hybridized carbons (Fsp3) is 0.400. The van der Waals surface area contributed by atoms with Crippen LogP contribution in [0, 0.1) is 5.82 Å². The molecule has 0 aromatic heterocycles. The summed E-state index contributed by atoms with van der Waals surface area (Å²) in [6.45, 7) is 0. The predicted octanol–water partition coefficient (Wildman–Crippen LogP) is 3.82. The van der Waals surface area contributed by atoms with E-state index >= 15 is 0 Å². The van der Waals surface area contributed by atoms with E-state index in [1.165, 1.54) is 12.1 Å². The summed E-state index contributed by atoms with van der Waals surface area (Å²) in [7, 11) is 0. The Bertz CT molecular complexity index is 364. The molecule has 0 amide bonds. The van der Waals surface area contributed by atoms with E-state index in [-0.39, 0.29) is 17.0 Å². The summed E-state index contributed by atoms with van der Waals surface area (Å²) in [6, 6.07) is 2.65. The van der Waals surface area contributed by atoms with Crippen LogP contribution in [0.4, 0.5) is 17.6 Å². The minimum absolute atomic E-state index is 0.0109. The van der Waals surface area contributed by atoms with Crippen molar-refractivity contribution in [3.8, 4) is 0 Å². The highest BCUT2D eigenvalue weighted by atomic mass is 35.5. The summed E-state index contributed by atoms with van der Waals surface area (Å²) in [5.74, 6) is -0.640. The third kappa shape index (κ3) is 3.98. The van der Waals surface area contributed by atoms with Crippen molar-refractivity contribution in [3.05, 3.63) is 34.6 Å². The molecule has 0 aliphatic rings. The van der Waals surface area contributed by atoms with Crippen LogP contribution < -0.4 is 5.73 Å². The van der Waals surface area contributed by atoms with Crippen LogP contribution in [0.5, 0.6) is 0 Å². The lowest BCUT2D eigenvalue weighted by Crippen LogP contribution is -2.16. The van der Waals surface area contributed by atoms with Crippen LogP contribution in [0.25, 0.3) is 0 Å². The topological polar surface area (TPSA) is 26.0 Å². The van der Waals surface area contributed by atoms with Crippen LogP contribution in [0.15, 0.2) is 18.2 Å². The number of halogens is 5. The van der Waals surface area contributed by atoms with Gasteiger partial charge in [0.2, 0.25) is 0 Å². The van der Waals surface area contributed by atoms with Crippen LogP contribution in [0.3, 0.4) is 0 Å². The molecule has 1 aromatic rings. The molecule has 2 N–H and O–H groups in total. The number of rotatable bonds is 3. The molecular formula is C10H10ClF4N. The minimum atomic E-state index is -4.29. The number of hydrogen-bond acceptors (Lipinski definition) is 1. The molecule has 0 unspecified atom stereocenters. The van der Waals surface area contributed by atoms with Gasteiger partial charge in [-0.2, -0.15) is 13.2 Å². The maximum atomic E-state index is 13.2. The van der Waals surface area contributed by atoms with Crippen LogP contribution >= 0.6 is 11.6 Å². The van der Waals surface area contributed by atoms with Gasteiger partial charge in [0.05, 0.1) is 0 Å². The van der Waals surface area contributed by atoms with Crippen LogP contribution in [-0.4, -0.2) is 6.18 Å². The molecule has 6 heteroatoms. The van der Waals surface area contributed by atoms with Gasteiger partial charge in [0.25, 0.3) is 0 Å². The second kappa shape index (κ2) is 5.01. The third-order valence-electron chi connectivity index (χ3n) is 2.10. The Balaban J connectivity index is 2.73. The fourth-order valence-corrected chi connectivity index (χ4v) is 1.45. The highest BCUT2D eigenvalue weighted by molar-refractivity contribution is 6.30. The Hall–Kier alpha value is -0.810. The molecule has 0 spiro atoms. The van der Waals surface area contributed by atoms with Crippen LogP contribution in [0.1, 0.15) is 24.4 Å². The van der Waals surface area contributed by atoms with Crippen LogP contribution in [-0.2, 0) is 0 Å². The summed E-state index contributed by atoms with van der Waals surface area (Å²) in [5, 5.41) is 0.249. The molecule has 0 fully saturated rings. The second-order valence-electron chi connectivity index (χ2n) is 3.43. The lowest BCUT2D eigenvalue weighted by atomic mass is 10.0. The van der Waals surface area contributed by atoms with Gasteiger partial charge in [-0.15, -0.1) is 0 Å². The zero-order valence-electron chi connectivity index (χ0n) is 8.19. The molecule has 16 heavy (non-hydrogen) atoms. The smallest absolute Gasteiger partial charge is 0.324 e. The van der Waals surface area contributed by atoms with Gasteiger partial charge in [0.15, 0.2) is 0 Å². The van der Waals surface area contributed by atoms with Gasteiger partial charge < -0.3 is 5.73 Å². The van der Waals surface area contributed by atoms with Gasteiger partial charge in [-0.25, -0.2) is 4.39 Å². The van der Waals surface area contributed by atoms with E-state index in [1.54, 1.807) is 0 Å². The van der Waals surface area contributed by atoms with Gasteiger partial charge in [0.1, 0.15) is 5.82 Å². The van der Waals surface area contributed by atoms with Crippen molar-refractivity contribution >= 4 is 11.6 Å². The van der Waals surface area contributed by atoms with Crippen molar-refractivity contribution in [2.24, 2.45) is 5.73 Å². The van der Waals surface area contributed by atoms with Crippen molar-refractivity contribution in [2.75, 3.05) is 0 Å². The standard InChI is InChI=1S/C10H10ClF4N/c11-6-1-2-8(12)7(5-6)9(16)3-4-10(13,14)15/h1-2,5,9H,3-4,16H2/t9-/m0/s1. The number of nitrogens with two attached hydrogens (primary N) is 1. The second-order valence-corrected chi connectivity index (χ2v) is 3.86. The fourth-order valence-electron chi connectivity index (χ4n) is 1.27. The molecule has 0 radical (unpaired) electrons. The minimum Gasteiger partial charge on any atom is -0.324 e. The van der Waals surface area contributed by atoms with Crippen molar-refractivity contribution in [2.45, 2.75) is 25.1 Å². The Morgan fingerprint density at radius 3 is 2.50 bits per heavy atom. The van der Waals surface area contributed by atoms with E-state index in [2.05, 4.69) is 0 Å². The zero-order valence-corrected chi connectivity index (χ0v) is 8.95.